The van der Waals surface area contributed by atoms with E-state index in [2.05, 4.69) is 10.0 Å². The molecular formula is C17H15N3O3S2. The van der Waals surface area contributed by atoms with E-state index in [-0.39, 0.29) is 17.2 Å². The van der Waals surface area contributed by atoms with Crippen LogP contribution in [0.15, 0.2) is 40.1 Å². The Morgan fingerprint density at radius 3 is 2.52 bits per heavy atom. The van der Waals surface area contributed by atoms with Crippen LogP contribution in [0.3, 0.4) is 0 Å². The molecule has 2 N–H and O–H groups in total. The lowest BCUT2D eigenvalue weighted by molar-refractivity contribution is -0.115. The first-order chi connectivity index (χ1) is 11.8. The fourth-order valence-corrected chi connectivity index (χ4v) is 4.59. The molecule has 8 heteroatoms. The topological polar surface area (TPSA) is 99.1 Å². The van der Waals surface area contributed by atoms with Gasteiger partial charge in [0, 0.05) is 10.6 Å². The van der Waals surface area contributed by atoms with E-state index in [1.807, 2.05) is 5.40 Å². The maximum atomic E-state index is 12.7. The van der Waals surface area contributed by atoms with Crippen LogP contribution in [0.4, 0.5) is 11.4 Å². The number of aryl methyl sites for hydroxylation is 2. The van der Waals surface area contributed by atoms with Crippen molar-refractivity contribution < 1.29 is 13.2 Å². The first-order valence-corrected chi connectivity index (χ1v) is 9.73. The van der Waals surface area contributed by atoms with Crippen LogP contribution in [0, 0.1) is 24.5 Å². The van der Waals surface area contributed by atoms with Gasteiger partial charge in [-0.15, -0.1) is 0 Å². The molecule has 6 nitrogen and oxygen atoms in total. The fourth-order valence-electron chi connectivity index (χ4n) is 2.76. The lowest BCUT2D eigenvalue weighted by Gasteiger charge is -2.15. The van der Waals surface area contributed by atoms with Crippen LogP contribution in [0.25, 0.3) is 0 Å². The molecule has 128 valence electrons. The van der Waals surface area contributed by atoms with Crippen molar-refractivity contribution in [2.24, 2.45) is 0 Å². The van der Waals surface area contributed by atoms with Crippen LogP contribution in [-0.4, -0.2) is 14.3 Å². The molecule has 0 atom stereocenters. The predicted molar refractivity (Wildman–Crippen MR) is 97.0 cm³/mol. The maximum Gasteiger partial charge on any atom is 0.261 e. The van der Waals surface area contributed by atoms with Gasteiger partial charge in [-0.05, 0) is 72.6 Å². The summed E-state index contributed by atoms with van der Waals surface area (Å²) in [6.45, 7) is 3.58. The zero-order valence-electron chi connectivity index (χ0n) is 13.6. The molecule has 0 aliphatic carbocycles. The summed E-state index contributed by atoms with van der Waals surface area (Å²) in [5.74, 6) is -0.144. The van der Waals surface area contributed by atoms with E-state index in [0.717, 1.165) is 27.8 Å². The van der Waals surface area contributed by atoms with Crippen molar-refractivity contribution in [2.45, 2.75) is 30.1 Å². The Balaban J connectivity index is 1.94. The van der Waals surface area contributed by atoms with Crippen molar-refractivity contribution in [3.05, 3.63) is 47.0 Å². The number of sulfonamides is 1. The number of thiocyanates is 1. The van der Waals surface area contributed by atoms with Crippen molar-refractivity contribution in [3.63, 3.8) is 0 Å². The standard InChI is InChI=1S/C17H15N3O3S2/c1-10-5-13(24-9-18)6-11(2)17(10)20-25(22,23)14-3-4-15-12(7-14)8-16(21)19-15/h3-7,20H,8H2,1-2H3,(H,19,21). The zero-order valence-corrected chi connectivity index (χ0v) is 15.2. The third-order valence-corrected chi connectivity index (χ3v) is 5.83. The van der Waals surface area contributed by atoms with Gasteiger partial charge in [0.15, 0.2) is 0 Å². The number of nitriles is 1. The first kappa shape index (κ1) is 17.3. The van der Waals surface area contributed by atoms with Gasteiger partial charge in [0.25, 0.3) is 10.0 Å². The van der Waals surface area contributed by atoms with Crippen molar-refractivity contribution in [3.8, 4) is 5.40 Å². The molecular weight excluding hydrogens is 358 g/mol. The first-order valence-electron chi connectivity index (χ1n) is 7.43. The highest BCUT2D eigenvalue weighted by Crippen LogP contribution is 2.31. The molecule has 0 unspecified atom stereocenters. The quantitative estimate of drug-likeness (QED) is 0.633. The molecule has 0 radical (unpaired) electrons. The number of rotatable bonds is 4. The number of fused-ring (bicyclic) bond motifs is 1. The molecule has 0 bridgehead atoms. The second-order valence-corrected chi connectivity index (χ2v) is 8.32. The number of hydrogen-bond acceptors (Lipinski definition) is 5. The highest BCUT2D eigenvalue weighted by molar-refractivity contribution is 8.03. The number of hydrogen-bond donors (Lipinski definition) is 2. The van der Waals surface area contributed by atoms with E-state index in [1.54, 1.807) is 32.0 Å². The number of carbonyl (C=O) groups is 1. The van der Waals surface area contributed by atoms with Gasteiger partial charge in [-0.3, -0.25) is 9.52 Å². The average Bonchev–Trinajstić information content (AvgIpc) is 2.90. The molecule has 1 aliphatic heterocycles. The van der Waals surface area contributed by atoms with E-state index in [0.29, 0.717) is 16.9 Å². The molecule has 0 spiro atoms. The van der Waals surface area contributed by atoms with E-state index in [1.165, 1.54) is 12.1 Å². The van der Waals surface area contributed by atoms with Gasteiger partial charge in [0.05, 0.1) is 17.0 Å². The van der Waals surface area contributed by atoms with Gasteiger partial charge in [-0.2, -0.15) is 5.26 Å². The Bertz CT molecular complexity index is 1000. The molecule has 0 saturated carbocycles. The van der Waals surface area contributed by atoms with Crippen molar-refractivity contribution in [2.75, 3.05) is 10.0 Å². The lowest BCUT2D eigenvalue weighted by atomic mass is 10.1. The second-order valence-electron chi connectivity index (χ2n) is 5.77. The van der Waals surface area contributed by atoms with Gasteiger partial charge in [-0.1, -0.05) is 0 Å². The van der Waals surface area contributed by atoms with E-state index < -0.39 is 10.0 Å². The largest absolute Gasteiger partial charge is 0.326 e. The highest BCUT2D eigenvalue weighted by Gasteiger charge is 2.22. The summed E-state index contributed by atoms with van der Waals surface area (Å²) in [5, 5.41) is 13.5. The summed E-state index contributed by atoms with van der Waals surface area (Å²) in [4.78, 5) is 12.3. The predicted octanol–water partition coefficient (Wildman–Crippen LogP) is 3.17. The van der Waals surface area contributed by atoms with E-state index in [4.69, 9.17) is 5.26 Å². The van der Waals surface area contributed by atoms with Gasteiger partial charge in [0.2, 0.25) is 5.91 Å². The molecule has 0 saturated heterocycles. The lowest BCUT2D eigenvalue weighted by Crippen LogP contribution is -2.15. The third-order valence-electron chi connectivity index (χ3n) is 3.92. The summed E-state index contributed by atoms with van der Waals surface area (Å²) >= 11 is 1.03. The van der Waals surface area contributed by atoms with Crippen LogP contribution in [0.2, 0.25) is 0 Å². The Kier molecular flexibility index (Phi) is 4.45. The number of amides is 1. The van der Waals surface area contributed by atoms with Crippen LogP contribution >= 0.6 is 11.8 Å². The Labute approximate surface area is 150 Å². The number of thioether (sulfide) groups is 1. The summed E-state index contributed by atoms with van der Waals surface area (Å²) in [6, 6.07) is 8.12. The minimum absolute atomic E-state index is 0.108. The maximum absolute atomic E-state index is 12.7. The van der Waals surface area contributed by atoms with E-state index >= 15 is 0 Å². The van der Waals surface area contributed by atoms with Gasteiger partial charge in [-0.25, -0.2) is 8.42 Å². The van der Waals surface area contributed by atoms with Gasteiger partial charge < -0.3 is 5.32 Å². The molecule has 1 heterocycles. The van der Waals surface area contributed by atoms with Crippen LogP contribution in [0.1, 0.15) is 16.7 Å². The zero-order chi connectivity index (χ0) is 18.2. The third kappa shape index (κ3) is 3.48. The number of benzene rings is 2. The van der Waals surface area contributed by atoms with Gasteiger partial charge in [0.1, 0.15) is 5.40 Å². The van der Waals surface area contributed by atoms with Gasteiger partial charge >= 0.3 is 0 Å². The van der Waals surface area contributed by atoms with E-state index in [9.17, 15) is 13.2 Å². The Morgan fingerprint density at radius 2 is 1.88 bits per heavy atom. The number of anilines is 2. The molecule has 1 amide bonds. The number of nitrogens with zero attached hydrogens (tertiary/aromatic N) is 1. The Morgan fingerprint density at radius 1 is 1.20 bits per heavy atom. The average molecular weight is 373 g/mol. The summed E-state index contributed by atoms with van der Waals surface area (Å²) in [5.41, 5.74) is 3.28. The normalized spacial score (nSPS) is 13.1. The number of nitrogens with one attached hydrogen (secondary N) is 2. The molecule has 2 aromatic carbocycles. The second kappa shape index (κ2) is 6.43. The molecule has 0 aromatic heterocycles. The summed E-state index contributed by atoms with van der Waals surface area (Å²) in [6.07, 6.45) is 0.177. The Hall–Kier alpha value is -2.50. The van der Waals surface area contributed by atoms with Crippen LogP contribution < -0.4 is 10.0 Å². The van der Waals surface area contributed by atoms with Crippen LogP contribution in [-0.2, 0) is 21.2 Å². The van der Waals surface area contributed by atoms with Crippen molar-refractivity contribution in [1.29, 1.82) is 5.26 Å². The summed E-state index contributed by atoms with van der Waals surface area (Å²) in [7, 11) is -3.78. The highest BCUT2D eigenvalue weighted by atomic mass is 32.2. The molecule has 1 aliphatic rings. The molecule has 25 heavy (non-hydrogen) atoms. The number of carbonyl (C=O) groups excluding carboxylic acids is 1. The minimum Gasteiger partial charge on any atom is -0.326 e. The summed E-state index contributed by atoms with van der Waals surface area (Å²) < 4.78 is 28.1. The monoisotopic (exact) mass is 373 g/mol. The molecule has 3 rings (SSSR count). The smallest absolute Gasteiger partial charge is 0.261 e. The molecule has 2 aromatic rings. The minimum atomic E-state index is -3.78. The van der Waals surface area contributed by atoms with Crippen LogP contribution in [0.5, 0.6) is 0 Å². The SMILES string of the molecule is Cc1cc(SC#N)cc(C)c1NS(=O)(=O)c1ccc2c(c1)CC(=O)N2. The fraction of sp³-hybridized carbons (Fsp3) is 0.176. The van der Waals surface area contributed by atoms with Crippen molar-refractivity contribution >= 4 is 39.1 Å². The molecule has 0 fully saturated rings. The van der Waals surface area contributed by atoms with Crippen molar-refractivity contribution in [1.82, 2.24) is 0 Å².